The second kappa shape index (κ2) is 8.64. The zero-order valence-electron chi connectivity index (χ0n) is 15.5. The third-order valence-electron chi connectivity index (χ3n) is 5.32. The number of aliphatic carboxylic acids is 1. The fraction of sp³-hybridized carbons (Fsp3) is 0.722. The molecule has 8 nitrogen and oxygen atoms in total. The van der Waals surface area contributed by atoms with Crippen molar-refractivity contribution in [3.63, 3.8) is 0 Å². The van der Waals surface area contributed by atoms with E-state index in [1.807, 2.05) is 11.0 Å². The van der Waals surface area contributed by atoms with Crippen molar-refractivity contribution >= 4 is 11.9 Å². The molecule has 2 fully saturated rings. The SMILES string of the molecule is CN1CCCN(CC(=O)N2CCC[C@@H](c3ccn(CC(=O)O)n3)C2)CC1. The van der Waals surface area contributed by atoms with Crippen molar-refractivity contribution in [2.24, 2.45) is 0 Å². The van der Waals surface area contributed by atoms with Gasteiger partial charge in [-0.2, -0.15) is 5.10 Å². The number of nitrogens with zero attached hydrogens (tertiary/aromatic N) is 5. The Balaban J connectivity index is 1.54. The van der Waals surface area contributed by atoms with Crippen LogP contribution in [-0.2, 0) is 16.1 Å². The van der Waals surface area contributed by atoms with Gasteiger partial charge in [-0.25, -0.2) is 0 Å². The van der Waals surface area contributed by atoms with Crippen molar-refractivity contribution < 1.29 is 14.7 Å². The van der Waals surface area contributed by atoms with Crippen molar-refractivity contribution in [2.75, 3.05) is 52.9 Å². The largest absolute Gasteiger partial charge is 0.480 e. The van der Waals surface area contributed by atoms with Crippen LogP contribution >= 0.6 is 0 Å². The third-order valence-corrected chi connectivity index (χ3v) is 5.32. The fourth-order valence-corrected chi connectivity index (χ4v) is 3.82. The molecule has 0 aliphatic carbocycles. The number of hydrogen-bond donors (Lipinski definition) is 1. The highest BCUT2D eigenvalue weighted by Crippen LogP contribution is 2.25. The van der Waals surface area contributed by atoms with Gasteiger partial charge in [0.15, 0.2) is 0 Å². The highest BCUT2D eigenvalue weighted by atomic mass is 16.4. The third kappa shape index (κ3) is 5.04. The summed E-state index contributed by atoms with van der Waals surface area (Å²) in [4.78, 5) is 30.1. The summed E-state index contributed by atoms with van der Waals surface area (Å²) in [6.07, 6.45) is 4.76. The smallest absolute Gasteiger partial charge is 0.325 e. The molecule has 1 atom stereocenters. The lowest BCUT2D eigenvalue weighted by atomic mass is 9.95. The zero-order chi connectivity index (χ0) is 18.5. The number of carbonyl (C=O) groups is 2. The van der Waals surface area contributed by atoms with Crippen molar-refractivity contribution in [2.45, 2.75) is 31.7 Å². The van der Waals surface area contributed by atoms with Crippen molar-refractivity contribution in [3.8, 4) is 0 Å². The van der Waals surface area contributed by atoms with Gasteiger partial charge >= 0.3 is 5.97 Å². The van der Waals surface area contributed by atoms with E-state index < -0.39 is 5.97 Å². The summed E-state index contributed by atoms with van der Waals surface area (Å²) in [5.41, 5.74) is 0.889. The second-order valence-corrected chi connectivity index (χ2v) is 7.44. The van der Waals surface area contributed by atoms with Gasteiger partial charge < -0.3 is 14.9 Å². The summed E-state index contributed by atoms with van der Waals surface area (Å²) in [6.45, 7) is 5.88. The van der Waals surface area contributed by atoms with Gasteiger partial charge in [-0.05, 0) is 45.5 Å². The van der Waals surface area contributed by atoms with Gasteiger partial charge in [-0.3, -0.25) is 19.2 Å². The van der Waals surface area contributed by atoms with E-state index in [4.69, 9.17) is 5.11 Å². The van der Waals surface area contributed by atoms with Crippen molar-refractivity contribution in [3.05, 3.63) is 18.0 Å². The molecule has 2 aliphatic rings. The van der Waals surface area contributed by atoms with E-state index in [9.17, 15) is 9.59 Å². The predicted molar refractivity (Wildman–Crippen MR) is 97.0 cm³/mol. The summed E-state index contributed by atoms with van der Waals surface area (Å²) in [7, 11) is 2.13. The molecular formula is C18H29N5O3. The molecule has 2 saturated heterocycles. The molecule has 26 heavy (non-hydrogen) atoms. The lowest BCUT2D eigenvalue weighted by molar-refractivity contribution is -0.138. The van der Waals surface area contributed by atoms with Crippen LogP contribution in [0.2, 0.25) is 0 Å². The first-order valence-corrected chi connectivity index (χ1v) is 9.45. The molecule has 0 radical (unpaired) electrons. The maximum atomic E-state index is 12.8. The molecule has 0 bridgehead atoms. The molecule has 1 aromatic heterocycles. The number of piperidine rings is 1. The Labute approximate surface area is 154 Å². The molecule has 0 aromatic carbocycles. The van der Waals surface area contributed by atoms with Crippen LogP contribution < -0.4 is 0 Å². The van der Waals surface area contributed by atoms with Crippen LogP contribution in [0.15, 0.2) is 12.3 Å². The summed E-state index contributed by atoms with van der Waals surface area (Å²) >= 11 is 0. The number of hydrogen-bond acceptors (Lipinski definition) is 5. The van der Waals surface area contributed by atoms with Gasteiger partial charge in [0.25, 0.3) is 0 Å². The molecular weight excluding hydrogens is 334 g/mol. The Morgan fingerprint density at radius 3 is 2.81 bits per heavy atom. The molecule has 1 N–H and O–H groups in total. The standard InChI is InChI=1S/C18H29N5O3/c1-20-6-3-7-21(11-10-20)13-17(24)22-8-2-4-15(12-22)16-5-9-23(19-16)14-18(25)26/h5,9,15H,2-4,6-8,10-14H2,1H3,(H,25,26)/t15-/m1/s1. The lowest BCUT2D eigenvalue weighted by Crippen LogP contribution is -2.45. The molecule has 0 spiro atoms. The predicted octanol–water partition coefficient (Wildman–Crippen LogP) is 0.311. The Bertz CT molecular complexity index is 632. The van der Waals surface area contributed by atoms with Crippen LogP contribution in [0.4, 0.5) is 0 Å². The Morgan fingerprint density at radius 2 is 2.00 bits per heavy atom. The molecule has 1 amide bonds. The average molecular weight is 363 g/mol. The first-order valence-electron chi connectivity index (χ1n) is 9.45. The number of carboxylic acid groups (broad SMARTS) is 1. The Morgan fingerprint density at radius 1 is 1.15 bits per heavy atom. The number of carboxylic acids is 1. The van der Waals surface area contributed by atoms with E-state index in [0.29, 0.717) is 13.1 Å². The fourth-order valence-electron chi connectivity index (χ4n) is 3.82. The van der Waals surface area contributed by atoms with Crippen LogP contribution in [0, 0.1) is 0 Å². The molecule has 144 valence electrons. The van der Waals surface area contributed by atoms with E-state index in [-0.39, 0.29) is 18.4 Å². The maximum absolute atomic E-state index is 12.8. The second-order valence-electron chi connectivity index (χ2n) is 7.44. The first kappa shape index (κ1) is 18.8. The molecule has 0 saturated carbocycles. The van der Waals surface area contributed by atoms with Gasteiger partial charge in [0.1, 0.15) is 6.54 Å². The number of rotatable bonds is 5. The quantitative estimate of drug-likeness (QED) is 0.811. The summed E-state index contributed by atoms with van der Waals surface area (Å²) < 4.78 is 1.45. The van der Waals surface area contributed by atoms with Crippen LogP contribution in [0.3, 0.4) is 0 Å². The van der Waals surface area contributed by atoms with Gasteiger partial charge in [0, 0.05) is 38.3 Å². The first-order chi connectivity index (χ1) is 12.5. The molecule has 0 unspecified atom stereocenters. The number of carbonyl (C=O) groups excluding carboxylic acids is 1. The monoisotopic (exact) mass is 363 g/mol. The van der Waals surface area contributed by atoms with Crippen LogP contribution in [-0.4, -0.2) is 94.3 Å². The molecule has 1 aromatic rings. The number of likely N-dealkylation sites (tertiary alicyclic amines) is 1. The minimum absolute atomic E-state index is 0.126. The zero-order valence-corrected chi connectivity index (χ0v) is 15.5. The van der Waals surface area contributed by atoms with E-state index >= 15 is 0 Å². The number of likely N-dealkylation sites (N-methyl/N-ethyl adjacent to an activating group) is 1. The van der Waals surface area contributed by atoms with Crippen molar-refractivity contribution in [1.82, 2.24) is 24.5 Å². The molecule has 3 rings (SSSR count). The summed E-state index contributed by atoms with van der Waals surface area (Å²) in [5, 5.41) is 13.3. The number of aromatic nitrogens is 2. The van der Waals surface area contributed by atoms with Gasteiger partial charge in [0.2, 0.25) is 5.91 Å². The van der Waals surface area contributed by atoms with Crippen LogP contribution in [0.1, 0.15) is 30.9 Å². The maximum Gasteiger partial charge on any atom is 0.325 e. The van der Waals surface area contributed by atoms with Gasteiger partial charge in [0.05, 0.1) is 12.2 Å². The minimum Gasteiger partial charge on any atom is -0.480 e. The van der Waals surface area contributed by atoms with Gasteiger partial charge in [-0.15, -0.1) is 0 Å². The highest BCUT2D eigenvalue weighted by Gasteiger charge is 2.27. The highest BCUT2D eigenvalue weighted by molar-refractivity contribution is 5.78. The van der Waals surface area contributed by atoms with E-state index in [0.717, 1.165) is 57.7 Å². The van der Waals surface area contributed by atoms with E-state index in [1.54, 1.807) is 6.20 Å². The molecule has 8 heteroatoms. The van der Waals surface area contributed by atoms with Crippen LogP contribution in [0.25, 0.3) is 0 Å². The lowest BCUT2D eigenvalue weighted by Gasteiger charge is -2.33. The normalized spacial score (nSPS) is 23.0. The molecule has 3 heterocycles. The topological polar surface area (TPSA) is 81.9 Å². The Kier molecular flexibility index (Phi) is 6.26. The minimum atomic E-state index is -0.900. The number of amides is 1. The summed E-state index contributed by atoms with van der Waals surface area (Å²) in [5.74, 6) is -0.509. The van der Waals surface area contributed by atoms with Crippen LogP contribution in [0.5, 0.6) is 0 Å². The van der Waals surface area contributed by atoms with E-state index in [1.165, 1.54) is 4.68 Å². The van der Waals surface area contributed by atoms with Gasteiger partial charge in [-0.1, -0.05) is 0 Å². The van der Waals surface area contributed by atoms with Crippen molar-refractivity contribution in [1.29, 1.82) is 0 Å². The molecule has 2 aliphatic heterocycles. The average Bonchev–Trinajstić information content (AvgIpc) is 2.97. The van der Waals surface area contributed by atoms with E-state index in [2.05, 4.69) is 21.9 Å². The summed E-state index contributed by atoms with van der Waals surface area (Å²) in [6, 6.07) is 1.88. The Hall–Kier alpha value is -1.93.